The van der Waals surface area contributed by atoms with Crippen LogP contribution >= 0.6 is 0 Å². The van der Waals surface area contributed by atoms with E-state index in [0.29, 0.717) is 12.0 Å². The van der Waals surface area contributed by atoms with Crippen LogP contribution in [0.4, 0.5) is 0 Å². The number of nitrogens with zero attached hydrogens (tertiary/aromatic N) is 4. The Kier molecular flexibility index (Phi) is 3.55. The molecule has 2 heterocycles. The summed E-state index contributed by atoms with van der Waals surface area (Å²) in [5.74, 6) is 1.62. The number of aryl methyl sites for hydroxylation is 2. The zero-order valence-corrected chi connectivity index (χ0v) is 11.9. The molecule has 2 rings (SSSR count). The summed E-state index contributed by atoms with van der Waals surface area (Å²) in [5.41, 5.74) is 2.29. The summed E-state index contributed by atoms with van der Waals surface area (Å²) in [4.78, 5) is 8.79. The van der Waals surface area contributed by atoms with Gasteiger partial charge in [-0.1, -0.05) is 13.8 Å². The molecule has 0 aliphatic rings. The van der Waals surface area contributed by atoms with Crippen LogP contribution in [0.3, 0.4) is 0 Å². The Hall–Kier alpha value is -1.58. The smallest absolute Gasteiger partial charge is 0.111 e. The molecule has 4 heteroatoms. The van der Waals surface area contributed by atoms with Gasteiger partial charge >= 0.3 is 0 Å². The summed E-state index contributed by atoms with van der Waals surface area (Å²) in [5, 5.41) is 0. The summed E-state index contributed by atoms with van der Waals surface area (Å²) >= 11 is 0. The number of imidazole rings is 2. The molecule has 18 heavy (non-hydrogen) atoms. The maximum Gasteiger partial charge on any atom is 0.111 e. The van der Waals surface area contributed by atoms with Crippen LogP contribution in [0.1, 0.15) is 49.9 Å². The average Bonchev–Trinajstić information content (AvgIpc) is 2.87. The molecular formula is C14H22N4. The molecular weight excluding hydrogens is 224 g/mol. The van der Waals surface area contributed by atoms with Crippen LogP contribution in [0.2, 0.25) is 0 Å². The van der Waals surface area contributed by atoms with Crippen LogP contribution in [-0.2, 0) is 6.54 Å². The Bertz CT molecular complexity index is 522. The number of aromatic nitrogens is 4. The molecule has 0 amide bonds. The van der Waals surface area contributed by atoms with Crippen molar-refractivity contribution in [2.75, 3.05) is 0 Å². The first kappa shape index (κ1) is 12.9. The molecule has 1 atom stereocenters. The SMILES string of the molecule is Cc1cn(C(C)Cn2c(C)cnc2C(C)C)cn1. The van der Waals surface area contributed by atoms with Crippen LogP contribution in [0.5, 0.6) is 0 Å². The summed E-state index contributed by atoms with van der Waals surface area (Å²) in [6.45, 7) is 11.7. The highest BCUT2D eigenvalue weighted by Crippen LogP contribution is 2.18. The molecule has 1 unspecified atom stereocenters. The Labute approximate surface area is 109 Å². The number of rotatable bonds is 4. The van der Waals surface area contributed by atoms with E-state index < -0.39 is 0 Å². The quantitative estimate of drug-likeness (QED) is 0.831. The van der Waals surface area contributed by atoms with Gasteiger partial charge in [0.2, 0.25) is 0 Å². The molecule has 2 aromatic rings. The molecule has 2 aromatic heterocycles. The van der Waals surface area contributed by atoms with E-state index in [1.165, 1.54) is 5.69 Å². The normalized spacial score (nSPS) is 13.2. The topological polar surface area (TPSA) is 35.6 Å². The van der Waals surface area contributed by atoms with Crippen molar-refractivity contribution in [3.63, 3.8) is 0 Å². The van der Waals surface area contributed by atoms with Gasteiger partial charge in [0, 0.05) is 36.6 Å². The number of hydrogen-bond acceptors (Lipinski definition) is 2. The maximum absolute atomic E-state index is 4.51. The van der Waals surface area contributed by atoms with E-state index in [0.717, 1.165) is 18.1 Å². The third kappa shape index (κ3) is 2.47. The molecule has 0 saturated carbocycles. The third-order valence-electron chi connectivity index (χ3n) is 3.29. The van der Waals surface area contributed by atoms with E-state index in [-0.39, 0.29) is 0 Å². The summed E-state index contributed by atoms with van der Waals surface area (Å²) in [6.07, 6.45) is 5.95. The zero-order valence-electron chi connectivity index (χ0n) is 11.9. The summed E-state index contributed by atoms with van der Waals surface area (Å²) < 4.78 is 4.48. The largest absolute Gasteiger partial charge is 0.333 e. The van der Waals surface area contributed by atoms with E-state index >= 15 is 0 Å². The van der Waals surface area contributed by atoms with Gasteiger partial charge < -0.3 is 9.13 Å². The highest BCUT2D eigenvalue weighted by atomic mass is 15.1. The van der Waals surface area contributed by atoms with Crippen molar-refractivity contribution in [2.45, 2.75) is 53.1 Å². The summed E-state index contributed by atoms with van der Waals surface area (Å²) in [6, 6.07) is 0.386. The lowest BCUT2D eigenvalue weighted by molar-refractivity contribution is 0.444. The molecule has 4 nitrogen and oxygen atoms in total. The highest BCUT2D eigenvalue weighted by Gasteiger charge is 2.14. The Morgan fingerprint density at radius 2 is 1.89 bits per heavy atom. The van der Waals surface area contributed by atoms with Gasteiger partial charge in [0.1, 0.15) is 5.82 Å². The molecule has 0 bridgehead atoms. The molecule has 0 N–H and O–H groups in total. The van der Waals surface area contributed by atoms with Gasteiger partial charge in [-0.15, -0.1) is 0 Å². The van der Waals surface area contributed by atoms with Gasteiger partial charge in [0.05, 0.1) is 12.0 Å². The lowest BCUT2D eigenvalue weighted by Crippen LogP contribution is -2.15. The minimum absolute atomic E-state index is 0.386. The minimum atomic E-state index is 0.386. The van der Waals surface area contributed by atoms with Gasteiger partial charge in [-0.25, -0.2) is 9.97 Å². The van der Waals surface area contributed by atoms with Crippen molar-refractivity contribution >= 4 is 0 Å². The first-order chi connectivity index (χ1) is 8.49. The molecule has 0 aliphatic heterocycles. The fourth-order valence-electron chi connectivity index (χ4n) is 2.22. The van der Waals surface area contributed by atoms with Crippen LogP contribution in [-0.4, -0.2) is 19.1 Å². The van der Waals surface area contributed by atoms with Gasteiger partial charge in [-0.2, -0.15) is 0 Å². The van der Waals surface area contributed by atoms with Gasteiger partial charge in [0.15, 0.2) is 0 Å². The molecule has 0 radical (unpaired) electrons. The second-order valence-corrected chi connectivity index (χ2v) is 5.33. The molecule has 0 saturated heterocycles. The average molecular weight is 246 g/mol. The monoisotopic (exact) mass is 246 g/mol. The van der Waals surface area contributed by atoms with E-state index in [1.807, 2.05) is 19.4 Å². The molecule has 98 valence electrons. The van der Waals surface area contributed by atoms with Gasteiger partial charge in [-0.05, 0) is 20.8 Å². The molecule has 0 spiro atoms. The number of hydrogen-bond donors (Lipinski definition) is 0. The molecule has 0 fully saturated rings. The van der Waals surface area contributed by atoms with Crippen LogP contribution in [0.15, 0.2) is 18.7 Å². The summed E-state index contributed by atoms with van der Waals surface area (Å²) in [7, 11) is 0. The lowest BCUT2D eigenvalue weighted by atomic mass is 10.2. The Balaban J connectivity index is 2.21. The van der Waals surface area contributed by atoms with Crippen LogP contribution < -0.4 is 0 Å². The van der Waals surface area contributed by atoms with Crippen molar-refractivity contribution in [1.29, 1.82) is 0 Å². The highest BCUT2D eigenvalue weighted by molar-refractivity contribution is 5.07. The second-order valence-electron chi connectivity index (χ2n) is 5.33. The second kappa shape index (κ2) is 4.96. The van der Waals surface area contributed by atoms with Crippen molar-refractivity contribution in [2.24, 2.45) is 0 Å². The van der Waals surface area contributed by atoms with E-state index in [4.69, 9.17) is 0 Å². The lowest BCUT2D eigenvalue weighted by Gasteiger charge is -2.18. The van der Waals surface area contributed by atoms with Crippen molar-refractivity contribution < 1.29 is 0 Å². The van der Waals surface area contributed by atoms with Crippen LogP contribution in [0, 0.1) is 13.8 Å². The van der Waals surface area contributed by atoms with Crippen molar-refractivity contribution in [1.82, 2.24) is 19.1 Å². The Morgan fingerprint density at radius 3 is 2.44 bits per heavy atom. The van der Waals surface area contributed by atoms with Gasteiger partial charge in [-0.3, -0.25) is 0 Å². The van der Waals surface area contributed by atoms with Crippen molar-refractivity contribution in [3.05, 3.63) is 35.9 Å². The fraction of sp³-hybridized carbons (Fsp3) is 0.571. The molecule has 0 aliphatic carbocycles. The predicted molar refractivity (Wildman–Crippen MR) is 72.7 cm³/mol. The van der Waals surface area contributed by atoms with E-state index in [9.17, 15) is 0 Å². The van der Waals surface area contributed by atoms with Crippen molar-refractivity contribution in [3.8, 4) is 0 Å². The predicted octanol–water partition coefficient (Wildman–Crippen LogP) is 3.08. The van der Waals surface area contributed by atoms with E-state index in [1.54, 1.807) is 0 Å². The maximum atomic E-state index is 4.51. The third-order valence-corrected chi connectivity index (χ3v) is 3.29. The zero-order chi connectivity index (χ0) is 13.3. The fourth-order valence-corrected chi connectivity index (χ4v) is 2.22. The standard InChI is InChI=1S/C14H22N4/c1-10(2)14-15-6-12(4)18(14)8-13(5)17-7-11(3)16-9-17/h6-7,9-10,13H,8H2,1-5H3. The Morgan fingerprint density at radius 1 is 1.17 bits per heavy atom. The first-order valence-corrected chi connectivity index (χ1v) is 6.51. The first-order valence-electron chi connectivity index (χ1n) is 6.51. The van der Waals surface area contributed by atoms with E-state index in [2.05, 4.69) is 53.0 Å². The molecule has 0 aromatic carbocycles. The van der Waals surface area contributed by atoms with Crippen LogP contribution in [0.25, 0.3) is 0 Å². The van der Waals surface area contributed by atoms with Gasteiger partial charge in [0.25, 0.3) is 0 Å². The minimum Gasteiger partial charge on any atom is -0.333 e.